The first-order chi connectivity index (χ1) is 6.38. The van der Waals surface area contributed by atoms with Crippen LogP contribution in [0.2, 0.25) is 0 Å². The Bertz CT molecular complexity index is 247. The summed E-state index contributed by atoms with van der Waals surface area (Å²) in [5, 5.41) is 4.36. The Balaban J connectivity index is 1.84. The molecule has 1 saturated heterocycles. The van der Waals surface area contributed by atoms with Crippen molar-refractivity contribution in [3.8, 4) is 0 Å². The van der Waals surface area contributed by atoms with Crippen LogP contribution in [0.5, 0.6) is 0 Å². The largest absolute Gasteiger partial charge is 0.380 e. The van der Waals surface area contributed by atoms with Crippen molar-refractivity contribution in [3.63, 3.8) is 0 Å². The average molecular weight is 197 g/mol. The number of rotatable bonds is 3. The van der Waals surface area contributed by atoms with Gasteiger partial charge in [-0.1, -0.05) is 0 Å². The number of hydrogen-bond donors (Lipinski definition) is 0. The highest BCUT2D eigenvalue weighted by Gasteiger charge is 2.21. The van der Waals surface area contributed by atoms with E-state index >= 15 is 0 Å². The van der Waals surface area contributed by atoms with E-state index in [0.717, 1.165) is 13.1 Å². The fourth-order valence-corrected chi connectivity index (χ4v) is 2.43. The zero-order chi connectivity index (χ0) is 9.10. The molecule has 0 bridgehead atoms. The molecule has 1 fully saturated rings. The topological polar surface area (TPSA) is 12.5 Å². The first-order valence-electron chi connectivity index (χ1n) is 4.64. The minimum Gasteiger partial charge on any atom is -0.380 e. The van der Waals surface area contributed by atoms with Crippen LogP contribution in [0.1, 0.15) is 12.0 Å². The molecule has 0 radical (unpaired) electrons. The van der Waals surface area contributed by atoms with E-state index in [-0.39, 0.29) is 0 Å². The van der Waals surface area contributed by atoms with Gasteiger partial charge in [0.05, 0.1) is 6.10 Å². The van der Waals surface area contributed by atoms with Crippen molar-refractivity contribution in [2.45, 2.75) is 19.1 Å². The van der Waals surface area contributed by atoms with Gasteiger partial charge in [-0.2, -0.15) is 11.3 Å². The summed E-state index contributed by atoms with van der Waals surface area (Å²) in [6.45, 7) is 3.35. The zero-order valence-electron chi connectivity index (χ0n) is 7.90. The third-order valence-electron chi connectivity index (χ3n) is 2.55. The Labute approximate surface area is 83.1 Å². The predicted molar refractivity (Wildman–Crippen MR) is 55.0 cm³/mol. The molecule has 3 heteroatoms. The third kappa shape index (κ3) is 2.30. The SMILES string of the molecule is CO[C@H]1CCN(Cc2ccsc2)C1. The molecule has 2 nitrogen and oxygen atoms in total. The molecule has 0 spiro atoms. The van der Waals surface area contributed by atoms with Gasteiger partial charge in [0.25, 0.3) is 0 Å². The van der Waals surface area contributed by atoms with Crippen molar-refractivity contribution in [1.82, 2.24) is 4.90 Å². The number of likely N-dealkylation sites (tertiary alicyclic amines) is 1. The number of hydrogen-bond acceptors (Lipinski definition) is 3. The van der Waals surface area contributed by atoms with Crippen LogP contribution in [0.4, 0.5) is 0 Å². The lowest BCUT2D eigenvalue weighted by molar-refractivity contribution is 0.107. The second kappa shape index (κ2) is 4.22. The Hall–Kier alpha value is -0.380. The fraction of sp³-hybridized carbons (Fsp3) is 0.600. The van der Waals surface area contributed by atoms with Crippen molar-refractivity contribution in [3.05, 3.63) is 22.4 Å². The van der Waals surface area contributed by atoms with Gasteiger partial charge in [0, 0.05) is 26.7 Å². The second-order valence-corrected chi connectivity index (χ2v) is 4.29. The Morgan fingerprint density at radius 2 is 2.62 bits per heavy atom. The highest BCUT2D eigenvalue weighted by molar-refractivity contribution is 7.07. The van der Waals surface area contributed by atoms with E-state index < -0.39 is 0 Å². The van der Waals surface area contributed by atoms with Crippen LogP contribution in [-0.2, 0) is 11.3 Å². The number of methoxy groups -OCH3 is 1. The molecule has 1 aromatic heterocycles. The number of ether oxygens (including phenoxy) is 1. The lowest BCUT2D eigenvalue weighted by atomic mass is 10.3. The van der Waals surface area contributed by atoms with Crippen molar-refractivity contribution < 1.29 is 4.74 Å². The van der Waals surface area contributed by atoms with Gasteiger partial charge in [-0.3, -0.25) is 4.90 Å². The predicted octanol–water partition coefficient (Wildman–Crippen LogP) is 1.97. The lowest BCUT2D eigenvalue weighted by Crippen LogP contribution is -2.22. The fourth-order valence-electron chi connectivity index (χ4n) is 1.77. The monoisotopic (exact) mass is 197 g/mol. The van der Waals surface area contributed by atoms with E-state index in [0.29, 0.717) is 6.10 Å². The minimum absolute atomic E-state index is 0.457. The van der Waals surface area contributed by atoms with Crippen LogP contribution >= 0.6 is 11.3 Å². The minimum atomic E-state index is 0.457. The Morgan fingerprint density at radius 3 is 3.23 bits per heavy atom. The zero-order valence-corrected chi connectivity index (χ0v) is 8.72. The number of nitrogens with zero attached hydrogens (tertiary/aromatic N) is 1. The van der Waals surface area contributed by atoms with E-state index in [1.54, 1.807) is 18.4 Å². The van der Waals surface area contributed by atoms with Gasteiger partial charge in [-0.05, 0) is 28.8 Å². The molecule has 72 valence electrons. The van der Waals surface area contributed by atoms with Crippen molar-refractivity contribution >= 4 is 11.3 Å². The molecule has 0 unspecified atom stereocenters. The molecule has 2 rings (SSSR count). The maximum Gasteiger partial charge on any atom is 0.0710 e. The van der Waals surface area contributed by atoms with E-state index in [1.807, 2.05) is 0 Å². The van der Waals surface area contributed by atoms with E-state index in [2.05, 4.69) is 21.7 Å². The van der Waals surface area contributed by atoms with Gasteiger partial charge < -0.3 is 4.74 Å². The van der Waals surface area contributed by atoms with Crippen LogP contribution in [0, 0.1) is 0 Å². The van der Waals surface area contributed by atoms with Crippen LogP contribution < -0.4 is 0 Å². The van der Waals surface area contributed by atoms with Gasteiger partial charge in [-0.25, -0.2) is 0 Å². The molecule has 0 saturated carbocycles. The highest BCUT2D eigenvalue weighted by Crippen LogP contribution is 2.16. The van der Waals surface area contributed by atoms with Gasteiger partial charge in [0.1, 0.15) is 0 Å². The maximum atomic E-state index is 5.32. The standard InChI is InChI=1S/C10H15NOS/c1-12-10-2-4-11(7-10)6-9-3-5-13-8-9/h3,5,8,10H,2,4,6-7H2,1H3/t10-/m0/s1. The van der Waals surface area contributed by atoms with Crippen molar-refractivity contribution in [2.24, 2.45) is 0 Å². The first kappa shape index (κ1) is 9.19. The molecule has 0 aliphatic carbocycles. The summed E-state index contributed by atoms with van der Waals surface area (Å²) in [6.07, 6.45) is 1.64. The van der Waals surface area contributed by atoms with Crippen LogP contribution in [0.3, 0.4) is 0 Å². The van der Waals surface area contributed by atoms with Crippen LogP contribution in [-0.4, -0.2) is 31.2 Å². The van der Waals surface area contributed by atoms with Gasteiger partial charge in [0.15, 0.2) is 0 Å². The van der Waals surface area contributed by atoms with Crippen LogP contribution in [0.15, 0.2) is 16.8 Å². The smallest absolute Gasteiger partial charge is 0.0710 e. The molecular formula is C10H15NOS. The molecule has 1 aliphatic rings. The van der Waals surface area contributed by atoms with Gasteiger partial charge >= 0.3 is 0 Å². The van der Waals surface area contributed by atoms with Crippen molar-refractivity contribution in [2.75, 3.05) is 20.2 Å². The van der Waals surface area contributed by atoms with Gasteiger partial charge in [-0.15, -0.1) is 0 Å². The molecule has 1 aliphatic heterocycles. The summed E-state index contributed by atoms with van der Waals surface area (Å²) in [7, 11) is 1.80. The van der Waals surface area contributed by atoms with E-state index in [4.69, 9.17) is 4.74 Å². The lowest BCUT2D eigenvalue weighted by Gasteiger charge is -2.14. The molecule has 0 N–H and O–H groups in total. The molecule has 0 aromatic carbocycles. The molecular weight excluding hydrogens is 182 g/mol. The Morgan fingerprint density at radius 1 is 1.69 bits per heavy atom. The van der Waals surface area contributed by atoms with Gasteiger partial charge in [0.2, 0.25) is 0 Å². The summed E-state index contributed by atoms with van der Waals surface area (Å²) in [5.74, 6) is 0. The van der Waals surface area contributed by atoms with Crippen molar-refractivity contribution in [1.29, 1.82) is 0 Å². The van der Waals surface area contributed by atoms with E-state index in [9.17, 15) is 0 Å². The number of thiophene rings is 1. The molecule has 2 heterocycles. The third-order valence-corrected chi connectivity index (χ3v) is 3.28. The highest BCUT2D eigenvalue weighted by atomic mass is 32.1. The molecule has 0 amide bonds. The average Bonchev–Trinajstić information content (AvgIpc) is 2.76. The van der Waals surface area contributed by atoms with E-state index in [1.165, 1.54) is 18.5 Å². The second-order valence-electron chi connectivity index (χ2n) is 3.51. The van der Waals surface area contributed by atoms with Crippen LogP contribution in [0.25, 0.3) is 0 Å². The maximum absolute atomic E-state index is 5.32. The Kier molecular flexibility index (Phi) is 2.98. The summed E-state index contributed by atoms with van der Waals surface area (Å²) < 4.78 is 5.32. The molecule has 1 aromatic rings. The summed E-state index contributed by atoms with van der Waals surface area (Å²) in [6, 6.07) is 2.20. The quantitative estimate of drug-likeness (QED) is 0.734. The first-order valence-corrected chi connectivity index (χ1v) is 5.59. The summed E-state index contributed by atoms with van der Waals surface area (Å²) in [4.78, 5) is 2.45. The molecule has 1 atom stereocenters. The summed E-state index contributed by atoms with van der Waals surface area (Å²) in [5.41, 5.74) is 1.43. The normalized spacial score (nSPS) is 23.9. The summed E-state index contributed by atoms with van der Waals surface area (Å²) >= 11 is 1.77. The molecule has 13 heavy (non-hydrogen) atoms.